The first-order chi connectivity index (χ1) is 16.9. The van der Waals surface area contributed by atoms with Crippen molar-refractivity contribution >= 4 is 25.3 Å². The van der Waals surface area contributed by atoms with Gasteiger partial charge in [-0.2, -0.15) is 0 Å². The Morgan fingerprint density at radius 1 is 1.03 bits per heavy atom. The van der Waals surface area contributed by atoms with Crippen molar-refractivity contribution in [3.8, 4) is 5.75 Å². The number of aliphatic hydroxyl groups is 1. The normalized spacial score (nSPS) is 27.0. The maximum Gasteiger partial charge on any atom is 0.466 e. The van der Waals surface area contributed by atoms with Gasteiger partial charge in [0.15, 0.2) is 0 Å². The number of fused-ring (bicyclic) bond motifs is 1. The Morgan fingerprint density at radius 3 is 2.19 bits per heavy atom. The highest BCUT2D eigenvalue weighted by Gasteiger charge is 2.52. The van der Waals surface area contributed by atoms with Crippen LogP contribution in [0.1, 0.15) is 19.3 Å². The zero-order chi connectivity index (χ0) is 26.6. The number of piperazine rings is 1. The van der Waals surface area contributed by atoms with Gasteiger partial charge in [-0.1, -0.05) is 0 Å². The number of rotatable bonds is 6. The number of methoxy groups -OCH3 is 1. The number of amides is 2. The summed E-state index contributed by atoms with van der Waals surface area (Å²) in [4.78, 5) is 52.3. The fourth-order valence-corrected chi connectivity index (χ4v) is 4.99. The number of phosphoric acid groups is 1. The van der Waals surface area contributed by atoms with Crippen molar-refractivity contribution in [3.63, 3.8) is 0 Å². The van der Waals surface area contributed by atoms with E-state index < -0.39 is 31.9 Å². The highest BCUT2D eigenvalue weighted by molar-refractivity contribution is 7.45. The molecule has 4 atom stereocenters. The molecular formula is C22H32F2N3O8P. The monoisotopic (exact) mass is 535 g/mol. The van der Waals surface area contributed by atoms with Gasteiger partial charge in [-0.25, -0.2) is 13.3 Å². The fraction of sp³-hybridized carbons (Fsp3) is 0.636. The number of likely N-dealkylation sites (tertiary alicyclic amines) is 1. The van der Waals surface area contributed by atoms with E-state index in [1.54, 1.807) is 13.2 Å². The summed E-state index contributed by atoms with van der Waals surface area (Å²) in [6.45, 7) is 4.05. The summed E-state index contributed by atoms with van der Waals surface area (Å²) >= 11 is 0. The second kappa shape index (κ2) is 11.9. The second-order valence-electron chi connectivity index (χ2n) is 9.11. The van der Waals surface area contributed by atoms with E-state index in [9.17, 15) is 23.5 Å². The summed E-state index contributed by atoms with van der Waals surface area (Å²) < 4.78 is 41.7. The molecule has 14 heteroatoms. The van der Waals surface area contributed by atoms with Crippen LogP contribution in [-0.2, 0) is 14.2 Å². The number of anilines is 1. The van der Waals surface area contributed by atoms with Crippen molar-refractivity contribution in [2.75, 3.05) is 51.3 Å². The zero-order valence-electron chi connectivity index (χ0n) is 19.9. The molecule has 4 rings (SSSR count). The SMILES string of the molecule is COc1ccc(F)cc1N1CCN(CCCN2C(=O)C3CC(O)C(F)CC3C2=O)CC1.O=P(O)(O)O. The first-order valence-electron chi connectivity index (χ1n) is 11.7. The molecule has 4 N–H and O–H groups in total. The van der Waals surface area contributed by atoms with Crippen LogP contribution in [0.5, 0.6) is 5.75 Å². The number of alkyl halides is 1. The number of aliphatic hydroxyl groups excluding tert-OH is 1. The minimum Gasteiger partial charge on any atom is -0.495 e. The highest BCUT2D eigenvalue weighted by atomic mass is 31.2. The van der Waals surface area contributed by atoms with E-state index in [0.717, 1.165) is 38.4 Å². The number of nitrogens with zero attached hydrogens (tertiary/aromatic N) is 3. The van der Waals surface area contributed by atoms with E-state index >= 15 is 0 Å². The van der Waals surface area contributed by atoms with Crippen LogP contribution in [0, 0.1) is 17.7 Å². The molecule has 1 aromatic rings. The highest BCUT2D eigenvalue weighted by Crippen LogP contribution is 2.39. The molecule has 2 heterocycles. The fourth-order valence-electron chi connectivity index (χ4n) is 4.99. The van der Waals surface area contributed by atoms with Crippen molar-refractivity contribution in [2.45, 2.75) is 31.5 Å². The molecule has 2 aliphatic heterocycles. The van der Waals surface area contributed by atoms with Crippen LogP contribution >= 0.6 is 7.82 Å². The third kappa shape index (κ3) is 7.21. The van der Waals surface area contributed by atoms with Gasteiger partial charge in [-0.05, 0) is 37.9 Å². The molecule has 4 unspecified atom stereocenters. The summed E-state index contributed by atoms with van der Waals surface area (Å²) in [5.41, 5.74) is 0.742. The quantitative estimate of drug-likeness (QED) is 0.300. The van der Waals surface area contributed by atoms with Crippen LogP contribution in [0.4, 0.5) is 14.5 Å². The maximum absolute atomic E-state index is 13.8. The van der Waals surface area contributed by atoms with Crippen molar-refractivity contribution < 1.29 is 47.5 Å². The van der Waals surface area contributed by atoms with Gasteiger partial charge in [0.05, 0.1) is 30.7 Å². The van der Waals surface area contributed by atoms with Crippen LogP contribution < -0.4 is 9.64 Å². The number of halogens is 2. The minimum atomic E-state index is -4.64. The Morgan fingerprint density at radius 2 is 1.61 bits per heavy atom. The molecule has 2 amide bonds. The molecule has 0 bridgehead atoms. The van der Waals surface area contributed by atoms with Gasteiger partial charge in [0.25, 0.3) is 0 Å². The predicted octanol–water partition coefficient (Wildman–Crippen LogP) is 0.512. The summed E-state index contributed by atoms with van der Waals surface area (Å²) in [5.74, 6) is -1.44. The summed E-state index contributed by atoms with van der Waals surface area (Å²) in [6, 6.07) is 4.49. The molecule has 36 heavy (non-hydrogen) atoms. The molecule has 1 aliphatic carbocycles. The second-order valence-corrected chi connectivity index (χ2v) is 10.1. The predicted molar refractivity (Wildman–Crippen MR) is 124 cm³/mol. The van der Waals surface area contributed by atoms with Gasteiger partial charge in [-0.15, -0.1) is 0 Å². The Kier molecular flexibility index (Phi) is 9.42. The molecule has 2 saturated heterocycles. The molecule has 0 radical (unpaired) electrons. The first-order valence-corrected chi connectivity index (χ1v) is 13.2. The molecular weight excluding hydrogens is 503 g/mol. The van der Waals surface area contributed by atoms with Crippen LogP contribution in [0.25, 0.3) is 0 Å². The van der Waals surface area contributed by atoms with Gasteiger partial charge in [-0.3, -0.25) is 19.4 Å². The molecule has 1 saturated carbocycles. The van der Waals surface area contributed by atoms with E-state index in [-0.39, 0.29) is 30.5 Å². The van der Waals surface area contributed by atoms with E-state index in [0.29, 0.717) is 18.7 Å². The largest absolute Gasteiger partial charge is 0.495 e. The Labute approximate surface area is 207 Å². The topological polar surface area (TPSA) is 151 Å². The average molecular weight is 535 g/mol. The summed E-state index contributed by atoms with van der Waals surface area (Å²) in [7, 11) is -3.07. The number of ether oxygens (including phenoxy) is 1. The maximum atomic E-state index is 13.8. The van der Waals surface area contributed by atoms with Crippen LogP contribution in [0.2, 0.25) is 0 Å². The Balaban J connectivity index is 0.000000658. The van der Waals surface area contributed by atoms with Gasteiger partial charge in [0.2, 0.25) is 11.8 Å². The number of benzene rings is 1. The minimum absolute atomic E-state index is 0.0262. The van der Waals surface area contributed by atoms with E-state index in [1.165, 1.54) is 17.0 Å². The lowest BCUT2D eigenvalue weighted by atomic mass is 9.78. The van der Waals surface area contributed by atoms with Gasteiger partial charge >= 0.3 is 7.82 Å². The summed E-state index contributed by atoms with van der Waals surface area (Å²) in [5, 5.41) is 9.72. The molecule has 3 aliphatic rings. The molecule has 0 spiro atoms. The van der Waals surface area contributed by atoms with E-state index in [1.807, 2.05) is 0 Å². The molecule has 1 aromatic carbocycles. The third-order valence-electron chi connectivity index (χ3n) is 6.75. The van der Waals surface area contributed by atoms with Crippen LogP contribution in [0.15, 0.2) is 18.2 Å². The lowest BCUT2D eigenvalue weighted by Crippen LogP contribution is -2.47. The molecule has 0 aromatic heterocycles. The Bertz CT molecular complexity index is 952. The van der Waals surface area contributed by atoms with Gasteiger partial charge < -0.3 is 29.4 Å². The van der Waals surface area contributed by atoms with Crippen molar-refractivity contribution in [1.29, 1.82) is 0 Å². The molecule has 202 valence electrons. The lowest BCUT2D eigenvalue weighted by Gasteiger charge is -2.36. The smallest absolute Gasteiger partial charge is 0.466 e. The number of hydrogen-bond acceptors (Lipinski definition) is 7. The molecule has 3 fully saturated rings. The molecule has 11 nitrogen and oxygen atoms in total. The third-order valence-corrected chi connectivity index (χ3v) is 6.75. The summed E-state index contributed by atoms with van der Waals surface area (Å²) in [6.07, 6.45) is -2.00. The standard InChI is InChI=1S/C22H29F2N3O4.H3O4P/c1-31-20-4-3-14(23)11-18(20)26-9-7-25(8-10-26)5-2-6-27-21(29)15-12-17(24)19(28)13-16(15)22(27)30;1-5(2,3)4/h3-4,11,15-17,19,28H,2,5-10,12-13H2,1H3;(H3,1,2,3,4). The van der Waals surface area contributed by atoms with Crippen LogP contribution in [-0.4, -0.2) is 100 Å². The van der Waals surface area contributed by atoms with Crippen LogP contribution in [0.3, 0.4) is 0 Å². The lowest BCUT2D eigenvalue weighted by molar-refractivity contribution is -0.140. The number of carbonyl (C=O) groups excluding carboxylic acids is 2. The van der Waals surface area contributed by atoms with E-state index in [2.05, 4.69) is 9.80 Å². The number of hydrogen-bond donors (Lipinski definition) is 4. The van der Waals surface area contributed by atoms with Crippen molar-refractivity contribution in [2.24, 2.45) is 11.8 Å². The van der Waals surface area contributed by atoms with Gasteiger partial charge in [0, 0.05) is 38.8 Å². The Hall–Kier alpha value is -2.15. The zero-order valence-corrected chi connectivity index (χ0v) is 20.8. The van der Waals surface area contributed by atoms with Crippen molar-refractivity contribution in [3.05, 3.63) is 24.0 Å². The number of imide groups is 1. The number of carbonyl (C=O) groups is 2. The average Bonchev–Trinajstić information content (AvgIpc) is 3.03. The first kappa shape index (κ1) is 28.4. The van der Waals surface area contributed by atoms with E-state index in [4.69, 9.17) is 24.0 Å². The van der Waals surface area contributed by atoms with Crippen molar-refractivity contribution in [1.82, 2.24) is 9.80 Å². The van der Waals surface area contributed by atoms with Gasteiger partial charge in [0.1, 0.15) is 17.7 Å².